The van der Waals surface area contributed by atoms with E-state index in [-0.39, 0.29) is 33.6 Å². The Morgan fingerprint density at radius 3 is 1.30 bits per heavy atom. The summed E-state index contributed by atoms with van der Waals surface area (Å²) in [5, 5.41) is 0.318. The number of hydrogen-bond acceptors (Lipinski definition) is 6. The monoisotopic (exact) mass is 426 g/mol. The first-order valence-corrected chi connectivity index (χ1v) is 10.9. The van der Waals surface area contributed by atoms with Crippen LogP contribution in [-0.2, 0) is 4.57 Å². The zero-order valence-electron chi connectivity index (χ0n) is 17.2. The normalized spacial score (nSPS) is 10.9. The van der Waals surface area contributed by atoms with E-state index < -0.39 is 12.7 Å². The highest BCUT2D eigenvalue weighted by molar-refractivity contribution is 7.94. The van der Waals surface area contributed by atoms with Gasteiger partial charge >= 0.3 is 0 Å². The second kappa shape index (κ2) is 9.06. The molecule has 7 heteroatoms. The molecule has 3 aromatic carbocycles. The van der Waals surface area contributed by atoms with Gasteiger partial charge in [0, 0.05) is 5.56 Å². The van der Waals surface area contributed by atoms with E-state index in [1.807, 2.05) is 0 Å². The Morgan fingerprint density at radius 2 is 0.967 bits per heavy atom. The van der Waals surface area contributed by atoms with Crippen LogP contribution in [0.25, 0.3) is 0 Å². The molecule has 0 aromatic heterocycles. The second-order valence-corrected chi connectivity index (χ2v) is 8.82. The van der Waals surface area contributed by atoms with E-state index in [1.54, 1.807) is 66.7 Å². The van der Waals surface area contributed by atoms with Crippen molar-refractivity contribution in [2.24, 2.45) is 0 Å². The van der Waals surface area contributed by atoms with E-state index in [4.69, 9.17) is 18.9 Å². The summed E-state index contributed by atoms with van der Waals surface area (Å²) in [6.07, 6.45) is 0. The second-order valence-electron chi connectivity index (χ2n) is 6.30. The smallest absolute Gasteiger partial charge is 0.230 e. The molecule has 6 nitrogen and oxygen atoms in total. The maximum atomic E-state index is 15.0. The molecule has 3 aromatic rings. The fourth-order valence-corrected chi connectivity index (χ4v) is 6.41. The zero-order chi connectivity index (χ0) is 21.7. The molecule has 0 saturated heterocycles. The first-order valence-electron chi connectivity index (χ1n) is 9.16. The summed E-state index contributed by atoms with van der Waals surface area (Å²) in [5.74, 6) is 1.09. The maximum Gasteiger partial charge on any atom is 0.230 e. The van der Waals surface area contributed by atoms with Crippen molar-refractivity contribution in [3.05, 3.63) is 72.3 Å². The number of rotatable bonds is 8. The van der Waals surface area contributed by atoms with Crippen molar-refractivity contribution in [1.82, 2.24) is 0 Å². The summed E-state index contributed by atoms with van der Waals surface area (Å²) < 4.78 is 37.0. The van der Waals surface area contributed by atoms with Crippen molar-refractivity contribution in [3.8, 4) is 23.0 Å². The quantitative estimate of drug-likeness (QED) is 0.509. The van der Waals surface area contributed by atoms with Gasteiger partial charge in [0.2, 0.25) is 12.7 Å². The van der Waals surface area contributed by atoms with Gasteiger partial charge in [0.1, 0.15) is 33.6 Å². The molecule has 0 heterocycles. The minimum absolute atomic E-state index is 0.159. The van der Waals surface area contributed by atoms with Crippen molar-refractivity contribution >= 4 is 23.3 Å². The van der Waals surface area contributed by atoms with Gasteiger partial charge in [-0.3, -0.25) is 4.79 Å². The highest BCUT2D eigenvalue weighted by Crippen LogP contribution is 2.55. The van der Waals surface area contributed by atoms with Crippen LogP contribution in [0.3, 0.4) is 0 Å². The van der Waals surface area contributed by atoms with E-state index in [9.17, 15) is 9.36 Å². The molecule has 0 aliphatic heterocycles. The fraction of sp³-hybridized carbons (Fsp3) is 0.174. The van der Waals surface area contributed by atoms with Gasteiger partial charge in [-0.25, -0.2) is 0 Å². The molecule has 30 heavy (non-hydrogen) atoms. The van der Waals surface area contributed by atoms with Crippen LogP contribution in [0, 0.1) is 0 Å². The lowest BCUT2D eigenvalue weighted by atomic mass is 10.2. The van der Waals surface area contributed by atoms with E-state index in [0.717, 1.165) is 0 Å². The summed E-state index contributed by atoms with van der Waals surface area (Å²) in [4.78, 5) is 13.9. The summed E-state index contributed by atoms with van der Waals surface area (Å²) in [6.45, 7) is 0. The van der Waals surface area contributed by atoms with Crippen LogP contribution in [0.4, 0.5) is 0 Å². The molecule has 0 bridgehead atoms. The van der Waals surface area contributed by atoms with Crippen molar-refractivity contribution in [2.75, 3.05) is 28.4 Å². The van der Waals surface area contributed by atoms with Gasteiger partial charge in [-0.05, 0) is 24.3 Å². The van der Waals surface area contributed by atoms with Gasteiger partial charge in [0.15, 0.2) is 0 Å². The third-order valence-corrected chi connectivity index (χ3v) is 7.71. The predicted molar refractivity (Wildman–Crippen MR) is 117 cm³/mol. The Morgan fingerprint density at radius 1 is 0.600 bits per heavy atom. The number of carbonyl (C=O) groups is 1. The van der Waals surface area contributed by atoms with Crippen molar-refractivity contribution in [3.63, 3.8) is 0 Å². The van der Waals surface area contributed by atoms with Gasteiger partial charge < -0.3 is 23.5 Å². The van der Waals surface area contributed by atoms with Gasteiger partial charge in [-0.15, -0.1) is 0 Å². The van der Waals surface area contributed by atoms with E-state index in [0.29, 0.717) is 5.56 Å². The molecule has 0 saturated carbocycles. The average molecular weight is 426 g/mol. The number of hydrogen-bond donors (Lipinski definition) is 0. The molecule has 0 amide bonds. The topological polar surface area (TPSA) is 71.1 Å². The fourth-order valence-electron chi connectivity index (χ4n) is 3.36. The van der Waals surface area contributed by atoms with Crippen LogP contribution in [0.1, 0.15) is 10.4 Å². The number of carbonyl (C=O) groups excluding carboxylic acids is 1. The number of ether oxygens (including phenoxy) is 4. The van der Waals surface area contributed by atoms with Gasteiger partial charge in [-0.1, -0.05) is 42.5 Å². The average Bonchev–Trinajstić information content (AvgIpc) is 2.82. The highest BCUT2D eigenvalue weighted by Gasteiger charge is 2.45. The van der Waals surface area contributed by atoms with E-state index in [2.05, 4.69) is 0 Å². The van der Waals surface area contributed by atoms with Crippen molar-refractivity contribution < 1.29 is 28.3 Å². The Balaban J connectivity index is 2.48. The third-order valence-electron chi connectivity index (χ3n) is 4.74. The molecule has 0 spiro atoms. The standard InChI is InChI=1S/C23H23O6P/c1-26-17-12-8-13-18(27-2)21(17)30(25,23(24)16-10-6-5-7-11-16)22-19(28-3)14-9-15-20(22)29-4/h5-15H,1-4H3. The van der Waals surface area contributed by atoms with Gasteiger partial charge in [-0.2, -0.15) is 0 Å². The van der Waals surface area contributed by atoms with Crippen molar-refractivity contribution in [2.45, 2.75) is 0 Å². The summed E-state index contributed by atoms with van der Waals surface area (Å²) in [5.41, 5.74) is -0.282. The summed E-state index contributed by atoms with van der Waals surface area (Å²) >= 11 is 0. The zero-order valence-corrected chi connectivity index (χ0v) is 18.1. The lowest BCUT2D eigenvalue weighted by molar-refractivity contribution is 0.107. The van der Waals surface area contributed by atoms with Crippen LogP contribution in [-0.4, -0.2) is 34.0 Å². The van der Waals surface area contributed by atoms with Crippen LogP contribution in [0.15, 0.2) is 66.7 Å². The Hall–Kier alpha value is -3.24. The molecule has 0 aliphatic rings. The maximum absolute atomic E-state index is 15.0. The predicted octanol–water partition coefficient (Wildman–Crippen LogP) is 3.88. The van der Waals surface area contributed by atoms with Crippen LogP contribution in [0.2, 0.25) is 0 Å². The molecule has 0 atom stereocenters. The molecule has 0 unspecified atom stereocenters. The molecule has 0 aliphatic carbocycles. The van der Waals surface area contributed by atoms with Gasteiger partial charge in [0.05, 0.1) is 28.4 Å². The largest absolute Gasteiger partial charge is 0.496 e. The first kappa shape index (κ1) is 21.5. The van der Waals surface area contributed by atoms with Gasteiger partial charge in [0.25, 0.3) is 0 Å². The number of methoxy groups -OCH3 is 4. The summed E-state index contributed by atoms with van der Waals surface area (Å²) in [7, 11) is 1.72. The molecule has 0 N–H and O–H groups in total. The molecule has 0 radical (unpaired) electrons. The lowest BCUT2D eigenvalue weighted by Gasteiger charge is -2.25. The van der Waals surface area contributed by atoms with E-state index in [1.165, 1.54) is 28.4 Å². The molecule has 156 valence electrons. The molecule has 3 rings (SSSR count). The Bertz CT molecular complexity index is 990. The third kappa shape index (κ3) is 3.55. The molecular formula is C23H23O6P. The van der Waals surface area contributed by atoms with Crippen LogP contribution >= 0.6 is 7.14 Å². The van der Waals surface area contributed by atoms with Crippen LogP contribution < -0.4 is 29.6 Å². The molecule has 0 fully saturated rings. The Labute approximate surface area is 175 Å². The first-order chi connectivity index (χ1) is 14.5. The van der Waals surface area contributed by atoms with Crippen LogP contribution in [0.5, 0.6) is 23.0 Å². The summed E-state index contributed by atoms with van der Waals surface area (Å²) in [6, 6.07) is 18.5. The minimum atomic E-state index is -4.09. The lowest BCUT2D eigenvalue weighted by Crippen LogP contribution is -2.27. The Kier molecular flexibility index (Phi) is 6.48. The van der Waals surface area contributed by atoms with Crippen molar-refractivity contribution in [1.29, 1.82) is 0 Å². The SMILES string of the molecule is COc1cccc(OC)c1P(=O)(C(=O)c1ccccc1)c1c(OC)cccc1OC. The number of benzene rings is 3. The molecular weight excluding hydrogens is 403 g/mol. The minimum Gasteiger partial charge on any atom is -0.496 e. The highest BCUT2D eigenvalue weighted by atomic mass is 31.2. The van der Waals surface area contributed by atoms with E-state index >= 15 is 0 Å².